The van der Waals surface area contributed by atoms with Crippen molar-refractivity contribution in [1.29, 1.82) is 0 Å². The zero-order chi connectivity index (χ0) is 10.6. The van der Waals surface area contributed by atoms with E-state index in [4.69, 9.17) is 15.3 Å². The molecule has 80 valence electrons. The summed E-state index contributed by atoms with van der Waals surface area (Å²) in [7, 11) is 3.16. The maximum absolute atomic E-state index is 5.46. The van der Waals surface area contributed by atoms with Crippen molar-refractivity contribution >= 4 is 27.3 Å². The lowest BCUT2D eigenvalue weighted by Crippen LogP contribution is -2.38. The molecule has 14 heavy (non-hydrogen) atoms. The first-order valence-corrected chi connectivity index (χ1v) is 5.71. The van der Waals surface area contributed by atoms with Crippen molar-refractivity contribution < 1.29 is 9.47 Å². The van der Waals surface area contributed by atoms with Gasteiger partial charge in [-0.2, -0.15) is 11.3 Å². The Kier molecular flexibility index (Phi) is 5.00. The topological polar surface area (TPSA) is 56.5 Å². The Labute approximate surface area is 95.5 Å². The Bertz CT molecular complexity index is 278. The van der Waals surface area contributed by atoms with Crippen LogP contribution in [0.1, 0.15) is 11.6 Å². The van der Waals surface area contributed by atoms with Crippen molar-refractivity contribution in [2.75, 3.05) is 14.2 Å². The molecule has 1 aromatic rings. The van der Waals surface area contributed by atoms with E-state index in [2.05, 4.69) is 21.4 Å². The first-order chi connectivity index (χ1) is 6.74. The summed E-state index contributed by atoms with van der Waals surface area (Å²) in [5, 5.41) is 3.99. The van der Waals surface area contributed by atoms with Crippen molar-refractivity contribution in [2.24, 2.45) is 5.84 Å². The van der Waals surface area contributed by atoms with E-state index in [0.717, 1.165) is 10.0 Å². The predicted octanol–water partition coefficient (Wildman–Crippen LogP) is 1.63. The molecular weight excluding hydrogens is 268 g/mol. The van der Waals surface area contributed by atoms with Gasteiger partial charge in [0.1, 0.15) is 0 Å². The molecule has 0 saturated carbocycles. The van der Waals surface area contributed by atoms with Crippen LogP contribution in [0.2, 0.25) is 0 Å². The van der Waals surface area contributed by atoms with Gasteiger partial charge in [-0.15, -0.1) is 0 Å². The molecule has 4 nitrogen and oxygen atoms in total. The monoisotopic (exact) mass is 280 g/mol. The van der Waals surface area contributed by atoms with Crippen LogP contribution in [0.5, 0.6) is 0 Å². The van der Waals surface area contributed by atoms with Crippen LogP contribution in [0.25, 0.3) is 0 Å². The molecule has 1 heterocycles. The summed E-state index contributed by atoms with van der Waals surface area (Å²) in [5.41, 5.74) is 3.71. The number of nitrogens with one attached hydrogen (secondary N) is 1. The molecule has 1 aromatic heterocycles. The van der Waals surface area contributed by atoms with Crippen molar-refractivity contribution in [3.63, 3.8) is 0 Å². The molecule has 0 bridgehead atoms. The van der Waals surface area contributed by atoms with Crippen LogP contribution in [-0.4, -0.2) is 20.5 Å². The van der Waals surface area contributed by atoms with E-state index in [0.29, 0.717) is 0 Å². The van der Waals surface area contributed by atoms with Gasteiger partial charge >= 0.3 is 0 Å². The Morgan fingerprint density at radius 1 is 1.43 bits per heavy atom. The fourth-order valence-electron chi connectivity index (χ4n) is 1.20. The minimum Gasteiger partial charge on any atom is -0.354 e. The molecule has 0 radical (unpaired) electrons. The lowest BCUT2D eigenvalue weighted by molar-refractivity contribution is -0.124. The molecular formula is C8H13BrN2O2S. The number of hydrogen-bond acceptors (Lipinski definition) is 5. The van der Waals surface area contributed by atoms with E-state index >= 15 is 0 Å². The molecule has 0 aliphatic carbocycles. The highest BCUT2D eigenvalue weighted by Gasteiger charge is 2.23. The minimum absolute atomic E-state index is 0.175. The normalized spacial score (nSPS) is 13.5. The molecule has 0 aromatic carbocycles. The third-order valence-corrected chi connectivity index (χ3v) is 3.65. The second-order valence-corrected chi connectivity index (χ2v) is 4.26. The molecule has 6 heteroatoms. The highest BCUT2D eigenvalue weighted by atomic mass is 79.9. The van der Waals surface area contributed by atoms with Gasteiger partial charge in [-0.25, -0.2) is 5.43 Å². The van der Waals surface area contributed by atoms with Gasteiger partial charge in [0.15, 0.2) is 6.29 Å². The maximum Gasteiger partial charge on any atom is 0.177 e. The summed E-state index contributed by atoms with van der Waals surface area (Å²) in [6.07, 6.45) is -0.397. The predicted molar refractivity (Wildman–Crippen MR) is 59.9 cm³/mol. The van der Waals surface area contributed by atoms with Crippen molar-refractivity contribution in [3.8, 4) is 0 Å². The number of hydrogen-bond donors (Lipinski definition) is 2. The van der Waals surface area contributed by atoms with Gasteiger partial charge in [-0.3, -0.25) is 5.84 Å². The minimum atomic E-state index is -0.397. The number of halogens is 1. The second kappa shape index (κ2) is 5.79. The van der Waals surface area contributed by atoms with Gasteiger partial charge < -0.3 is 9.47 Å². The number of ether oxygens (including phenoxy) is 2. The van der Waals surface area contributed by atoms with E-state index in [9.17, 15) is 0 Å². The molecule has 1 atom stereocenters. The van der Waals surface area contributed by atoms with Crippen molar-refractivity contribution in [2.45, 2.75) is 12.3 Å². The Balaban J connectivity index is 2.86. The first-order valence-electron chi connectivity index (χ1n) is 3.97. The summed E-state index contributed by atoms with van der Waals surface area (Å²) in [5.74, 6) is 5.46. The van der Waals surface area contributed by atoms with E-state index in [1.54, 1.807) is 25.6 Å². The third kappa shape index (κ3) is 2.53. The molecule has 0 aliphatic heterocycles. The Morgan fingerprint density at radius 3 is 2.43 bits per heavy atom. The van der Waals surface area contributed by atoms with Gasteiger partial charge in [-0.1, -0.05) is 0 Å². The fourth-order valence-corrected chi connectivity index (χ4v) is 2.78. The largest absolute Gasteiger partial charge is 0.354 e. The Hall–Kier alpha value is 0.0200. The van der Waals surface area contributed by atoms with Gasteiger partial charge in [0.05, 0.1) is 6.04 Å². The zero-order valence-corrected chi connectivity index (χ0v) is 10.4. The summed E-state index contributed by atoms with van der Waals surface area (Å²) in [6.45, 7) is 0. The molecule has 0 saturated heterocycles. The lowest BCUT2D eigenvalue weighted by atomic mass is 10.1. The SMILES string of the molecule is COC(OC)C(NN)c1cscc1Br. The van der Waals surface area contributed by atoms with Crippen molar-refractivity contribution in [1.82, 2.24) is 5.43 Å². The molecule has 0 amide bonds. The summed E-state index contributed by atoms with van der Waals surface area (Å²) in [6, 6.07) is -0.175. The summed E-state index contributed by atoms with van der Waals surface area (Å²) < 4.78 is 11.3. The van der Waals surface area contributed by atoms with Crippen LogP contribution in [0.3, 0.4) is 0 Å². The average molecular weight is 281 g/mol. The van der Waals surface area contributed by atoms with Crippen LogP contribution >= 0.6 is 27.3 Å². The van der Waals surface area contributed by atoms with E-state index in [-0.39, 0.29) is 6.04 Å². The molecule has 3 N–H and O–H groups in total. The molecule has 0 spiro atoms. The van der Waals surface area contributed by atoms with Crippen molar-refractivity contribution in [3.05, 3.63) is 20.8 Å². The standard InChI is InChI=1S/C8H13BrN2O2S/c1-12-8(13-2)7(11-10)5-3-14-4-6(5)9/h3-4,7-8,11H,10H2,1-2H3. The van der Waals surface area contributed by atoms with Gasteiger partial charge in [-0.05, 0) is 21.3 Å². The highest BCUT2D eigenvalue weighted by molar-refractivity contribution is 9.10. The van der Waals surface area contributed by atoms with E-state index in [1.165, 1.54) is 0 Å². The molecule has 0 aliphatic rings. The smallest absolute Gasteiger partial charge is 0.177 e. The number of hydrazine groups is 1. The molecule has 1 rings (SSSR count). The van der Waals surface area contributed by atoms with Crippen LogP contribution in [0.4, 0.5) is 0 Å². The fraction of sp³-hybridized carbons (Fsp3) is 0.500. The van der Waals surface area contributed by atoms with E-state index < -0.39 is 6.29 Å². The number of thiophene rings is 1. The number of methoxy groups -OCH3 is 2. The second-order valence-electron chi connectivity index (χ2n) is 2.66. The Morgan fingerprint density at radius 2 is 2.07 bits per heavy atom. The van der Waals surface area contributed by atoms with Gasteiger partial charge in [0, 0.05) is 29.6 Å². The average Bonchev–Trinajstić information content (AvgIpc) is 2.61. The number of rotatable bonds is 5. The zero-order valence-electron chi connectivity index (χ0n) is 7.99. The van der Waals surface area contributed by atoms with Crippen LogP contribution in [0.15, 0.2) is 15.2 Å². The highest BCUT2D eigenvalue weighted by Crippen LogP contribution is 2.29. The number of nitrogens with two attached hydrogens (primary N) is 1. The van der Waals surface area contributed by atoms with Gasteiger partial charge in [0.2, 0.25) is 0 Å². The van der Waals surface area contributed by atoms with E-state index in [1.807, 2.05) is 10.8 Å². The van der Waals surface area contributed by atoms with Crippen LogP contribution in [0, 0.1) is 0 Å². The molecule has 0 fully saturated rings. The lowest BCUT2D eigenvalue weighted by Gasteiger charge is -2.23. The molecule has 1 unspecified atom stereocenters. The summed E-state index contributed by atoms with van der Waals surface area (Å²) >= 11 is 5.03. The first kappa shape index (κ1) is 12.1. The van der Waals surface area contributed by atoms with Crippen LogP contribution in [-0.2, 0) is 9.47 Å². The quantitative estimate of drug-likeness (QED) is 0.489. The maximum atomic E-state index is 5.46. The third-order valence-electron chi connectivity index (χ3n) is 1.89. The van der Waals surface area contributed by atoms with Gasteiger partial charge in [0.25, 0.3) is 0 Å². The van der Waals surface area contributed by atoms with Crippen LogP contribution < -0.4 is 11.3 Å². The summed E-state index contributed by atoms with van der Waals surface area (Å²) in [4.78, 5) is 0.